The van der Waals surface area contributed by atoms with Crippen molar-refractivity contribution in [1.29, 1.82) is 0 Å². The predicted molar refractivity (Wildman–Crippen MR) is 165 cm³/mol. The molecule has 0 saturated heterocycles. The van der Waals surface area contributed by atoms with Gasteiger partial charge in [0.2, 0.25) is 21.8 Å². The number of halogens is 1. The lowest BCUT2D eigenvalue weighted by Crippen LogP contribution is -2.54. The summed E-state index contributed by atoms with van der Waals surface area (Å²) in [6.45, 7) is 3.29. The van der Waals surface area contributed by atoms with Crippen molar-refractivity contribution in [2.24, 2.45) is 0 Å². The van der Waals surface area contributed by atoms with Crippen molar-refractivity contribution in [3.63, 3.8) is 0 Å². The van der Waals surface area contributed by atoms with Crippen LogP contribution in [-0.4, -0.2) is 50.0 Å². The Morgan fingerprint density at radius 2 is 1.49 bits per heavy atom. The quantitative estimate of drug-likeness (QED) is 0.252. The first kappa shape index (κ1) is 30.1. The molecule has 9 heteroatoms. The van der Waals surface area contributed by atoms with Crippen LogP contribution < -0.4 is 9.62 Å². The van der Waals surface area contributed by atoms with Crippen LogP contribution in [0, 0.1) is 0 Å². The van der Waals surface area contributed by atoms with Gasteiger partial charge in [-0.1, -0.05) is 90.5 Å². The van der Waals surface area contributed by atoms with Gasteiger partial charge >= 0.3 is 0 Å². The topological polar surface area (TPSA) is 86.8 Å². The largest absolute Gasteiger partial charge is 0.352 e. The number of benzene rings is 4. The number of anilines is 1. The molecule has 0 aliphatic carbocycles. The second-order valence-electron chi connectivity index (χ2n) is 10.3. The predicted octanol–water partition coefficient (Wildman–Crippen LogP) is 5.42. The highest BCUT2D eigenvalue weighted by Gasteiger charge is 2.33. The molecule has 0 bridgehead atoms. The second kappa shape index (κ2) is 13.2. The Morgan fingerprint density at radius 1 is 0.854 bits per heavy atom. The van der Waals surface area contributed by atoms with Gasteiger partial charge in [-0.2, -0.15) is 0 Å². The molecule has 0 heterocycles. The fourth-order valence-electron chi connectivity index (χ4n) is 4.79. The summed E-state index contributed by atoms with van der Waals surface area (Å²) in [6, 6.07) is 28.2. The van der Waals surface area contributed by atoms with E-state index in [2.05, 4.69) is 5.32 Å². The molecule has 0 aromatic heterocycles. The maximum Gasteiger partial charge on any atom is 0.244 e. The fourth-order valence-corrected chi connectivity index (χ4v) is 5.86. The van der Waals surface area contributed by atoms with Crippen molar-refractivity contribution in [3.8, 4) is 0 Å². The lowest BCUT2D eigenvalue weighted by atomic mass is 10.0. The summed E-state index contributed by atoms with van der Waals surface area (Å²) in [5.74, 6) is -0.835. The molecule has 41 heavy (non-hydrogen) atoms. The van der Waals surface area contributed by atoms with E-state index in [-0.39, 0.29) is 24.9 Å². The highest BCUT2D eigenvalue weighted by atomic mass is 35.5. The molecule has 214 valence electrons. The molecule has 0 spiro atoms. The van der Waals surface area contributed by atoms with E-state index in [1.54, 1.807) is 30.3 Å². The van der Waals surface area contributed by atoms with Crippen LogP contribution in [0.1, 0.15) is 25.0 Å². The van der Waals surface area contributed by atoms with Crippen LogP contribution in [0.15, 0.2) is 97.1 Å². The normalized spacial score (nSPS) is 12.2. The van der Waals surface area contributed by atoms with Crippen molar-refractivity contribution in [2.75, 3.05) is 17.1 Å². The van der Waals surface area contributed by atoms with E-state index in [9.17, 15) is 18.0 Å². The van der Waals surface area contributed by atoms with E-state index in [1.165, 1.54) is 4.90 Å². The van der Waals surface area contributed by atoms with Crippen molar-refractivity contribution in [2.45, 2.75) is 38.9 Å². The van der Waals surface area contributed by atoms with Gasteiger partial charge in [0.25, 0.3) is 0 Å². The molecule has 0 aliphatic rings. The van der Waals surface area contributed by atoms with Gasteiger partial charge in [0.15, 0.2) is 0 Å². The van der Waals surface area contributed by atoms with Gasteiger partial charge in [-0.3, -0.25) is 13.9 Å². The molecule has 0 radical (unpaired) electrons. The first-order valence-electron chi connectivity index (χ1n) is 13.4. The summed E-state index contributed by atoms with van der Waals surface area (Å²) >= 11 is 6.26. The highest BCUT2D eigenvalue weighted by Crippen LogP contribution is 2.29. The number of carbonyl (C=O) groups is 2. The second-order valence-corrected chi connectivity index (χ2v) is 12.6. The number of carbonyl (C=O) groups excluding carboxylic acids is 2. The summed E-state index contributed by atoms with van der Waals surface area (Å²) in [5.41, 5.74) is 1.99. The number of rotatable bonds is 11. The van der Waals surface area contributed by atoms with E-state index in [1.807, 2.05) is 80.6 Å². The fraction of sp³-hybridized carbons (Fsp3) is 0.250. The van der Waals surface area contributed by atoms with Gasteiger partial charge in [-0.15, -0.1) is 0 Å². The number of nitrogens with zero attached hydrogens (tertiary/aromatic N) is 2. The van der Waals surface area contributed by atoms with Crippen LogP contribution in [0.3, 0.4) is 0 Å². The zero-order chi connectivity index (χ0) is 29.6. The highest BCUT2D eigenvalue weighted by molar-refractivity contribution is 7.92. The molecule has 0 saturated carbocycles. The van der Waals surface area contributed by atoms with Gasteiger partial charge in [-0.25, -0.2) is 8.42 Å². The molecule has 4 aromatic carbocycles. The van der Waals surface area contributed by atoms with Crippen molar-refractivity contribution in [3.05, 3.63) is 113 Å². The Balaban J connectivity index is 1.78. The molecule has 1 N–H and O–H groups in total. The minimum Gasteiger partial charge on any atom is -0.352 e. The molecule has 7 nitrogen and oxygen atoms in total. The summed E-state index contributed by atoms with van der Waals surface area (Å²) in [5, 5.41) is 4.99. The van der Waals surface area contributed by atoms with Crippen LogP contribution in [0.2, 0.25) is 5.02 Å². The third kappa shape index (κ3) is 7.86. The zero-order valence-electron chi connectivity index (χ0n) is 23.3. The van der Waals surface area contributed by atoms with Crippen LogP contribution in [-0.2, 0) is 32.6 Å². The first-order valence-corrected chi connectivity index (χ1v) is 15.6. The lowest BCUT2D eigenvalue weighted by Gasteiger charge is -2.34. The Labute approximate surface area is 246 Å². The van der Waals surface area contributed by atoms with E-state index < -0.39 is 28.5 Å². The molecular formula is C32H34ClN3O4S. The van der Waals surface area contributed by atoms with Crippen LogP contribution in [0.4, 0.5) is 5.69 Å². The summed E-state index contributed by atoms with van der Waals surface area (Å²) in [7, 11) is -3.88. The molecule has 1 unspecified atom stereocenters. The van der Waals surface area contributed by atoms with Gasteiger partial charge in [0, 0.05) is 29.4 Å². The van der Waals surface area contributed by atoms with Crippen LogP contribution >= 0.6 is 11.6 Å². The number of fused-ring (bicyclic) bond motifs is 1. The van der Waals surface area contributed by atoms with E-state index >= 15 is 0 Å². The Morgan fingerprint density at radius 3 is 2.17 bits per heavy atom. The maximum absolute atomic E-state index is 14.2. The maximum atomic E-state index is 14.2. The molecule has 0 fully saturated rings. The van der Waals surface area contributed by atoms with Gasteiger partial charge in [0.05, 0.1) is 11.9 Å². The smallest absolute Gasteiger partial charge is 0.244 e. The molecule has 2 amide bonds. The SMILES string of the molecule is CC(C)NC(=O)C(Cc1ccccc1)N(Cc1cccc(Cl)c1)C(=O)CN(c1cccc2ccccc12)S(C)(=O)=O. The molecule has 0 aliphatic heterocycles. The first-order chi connectivity index (χ1) is 19.5. The minimum atomic E-state index is -3.88. The lowest BCUT2D eigenvalue weighted by molar-refractivity contribution is -0.140. The summed E-state index contributed by atoms with van der Waals surface area (Å²) in [6.07, 6.45) is 1.33. The third-order valence-electron chi connectivity index (χ3n) is 6.66. The van der Waals surface area contributed by atoms with E-state index in [0.717, 1.165) is 27.1 Å². The number of sulfonamides is 1. The monoisotopic (exact) mass is 591 g/mol. The Hall–Kier alpha value is -3.88. The van der Waals surface area contributed by atoms with Gasteiger partial charge in [0.1, 0.15) is 12.6 Å². The zero-order valence-corrected chi connectivity index (χ0v) is 24.9. The molecule has 4 aromatic rings. The minimum absolute atomic E-state index is 0.0650. The summed E-state index contributed by atoms with van der Waals surface area (Å²) in [4.78, 5) is 29.3. The van der Waals surface area contributed by atoms with Crippen LogP contribution in [0.5, 0.6) is 0 Å². The van der Waals surface area contributed by atoms with Crippen LogP contribution in [0.25, 0.3) is 10.8 Å². The van der Waals surface area contributed by atoms with E-state index in [4.69, 9.17) is 11.6 Å². The van der Waals surface area contributed by atoms with E-state index in [0.29, 0.717) is 16.1 Å². The van der Waals surface area contributed by atoms with Crippen molar-refractivity contribution < 1.29 is 18.0 Å². The average molecular weight is 592 g/mol. The molecule has 4 rings (SSSR count). The summed E-state index contributed by atoms with van der Waals surface area (Å²) < 4.78 is 27.4. The molecular weight excluding hydrogens is 558 g/mol. The number of nitrogens with one attached hydrogen (secondary N) is 1. The van der Waals surface area contributed by atoms with Crippen molar-refractivity contribution >= 4 is 49.9 Å². The average Bonchev–Trinajstić information content (AvgIpc) is 2.93. The van der Waals surface area contributed by atoms with Gasteiger partial charge in [-0.05, 0) is 48.6 Å². The Bertz CT molecular complexity index is 1620. The number of hydrogen-bond donors (Lipinski definition) is 1. The van der Waals surface area contributed by atoms with Crippen molar-refractivity contribution in [1.82, 2.24) is 10.2 Å². The Kier molecular flexibility index (Phi) is 9.68. The van der Waals surface area contributed by atoms with Gasteiger partial charge < -0.3 is 10.2 Å². The number of hydrogen-bond acceptors (Lipinski definition) is 4. The number of amides is 2. The third-order valence-corrected chi connectivity index (χ3v) is 8.02. The standard InChI is InChI=1S/C32H34ClN3O4S/c1-23(2)34-32(38)30(20-24-11-5-4-6-12-24)35(21-25-13-9-16-27(33)19-25)31(37)22-36(41(3,39)40)29-18-10-15-26-14-7-8-17-28(26)29/h4-19,23,30H,20-22H2,1-3H3,(H,34,38). The molecule has 1 atom stereocenters.